The summed E-state index contributed by atoms with van der Waals surface area (Å²) in [4.78, 5) is 13.9. The lowest BCUT2D eigenvalue weighted by Gasteiger charge is -1.99. The lowest BCUT2D eigenvalue weighted by atomic mass is 10.1. The molecule has 0 aliphatic heterocycles. The summed E-state index contributed by atoms with van der Waals surface area (Å²) in [6.07, 6.45) is 1.47. The zero-order chi connectivity index (χ0) is 10.1. The smallest absolute Gasteiger partial charge is 0.255 e. The topological polar surface area (TPSA) is 32.9 Å². The van der Waals surface area contributed by atoms with E-state index < -0.39 is 0 Å². The SMILES string of the molecule is C=Cc1cc2ccc(F)cc2[nH]c1=O. The first-order valence-corrected chi connectivity index (χ1v) is 4.16. The molecule has 2 rings (SSSR count). The molecule has 0 unspecified atom stereocenters. The largest absolute Gasteiger partial charge is 0.321 e. The van der Waals surface area contributed by atoms with Crippen LogP contribution in [0.5, 0.6) is 0 Å². The predicted octanol–water partition coefficient (Wildman–Crippen LogP) is 2.31. The molecule has 0 atom stereocenters. The second-order valence-corrected chi connectivity index (χ2v) is 2.99. The van der Waals surface area contributed by atoms with E-state index in [-0.39, 0.29) is 11.4 Å². The number of nitrogens with one attached hydrogen (secondary N) is 1. The molecule has 1 aromatic carbocycles. The van der Waals surface area contributed by atoms with Crippen molar-refractivity contribution < 1.29 is 4.39 Å². The number of hydrogen-bond acceptors (Lipinski definition) is 1. The van der Waals surface area contributed by atoms with Crippen LogP contribution in [-0.4, -0.2) is 4.98 Å². The van der Waals surface area contributed by atoms with Crippen LogP contribution in [0.2, 0.25) is 0 Å². The van der Waals surface area contributed by atoms with E-state index in [1.807, 2.05) is 0 Å². The van der Waals surface area contributed by atoms with E-state index in [0.29, 0.717) is 11.1 Å². The van der Waals surface area contributed by atoms with Gasteiger partial charge in [0.2, 0.25) is 0 Å². The number of halogens is 1. The number of benzene rings is 1. The van der Waals surface area contributed by atoms with E-state index in [0.717, 1.165) is 5.39 Å². The number of aromatic amines is 1. The summed E-state index contributed by atoms with van der Waals surface area (Å²) in [6.45, 7) is 3.52. The molecule has 0 radical (unpaired) electrons. The van der Waals surface area contributed by atoms with Crippen LogP contribution in [0.1, 0.15) is 5.56 Å². The molecule has 0 aliphatic carbocycles. The molecule has 0 saturated carbocycles. The van der Waals surface area contributed by atoms with Crippen LogP contribution >= 0.6 is 0 Å². The number of H-pyrrole nitrogens is 1. The van der Waals surface area contributed by atoms with Crippen molar-refractivity contribution in [1.29, 1.82) is 0 Å². The van der Waals surface area contributed by atoms with Gasteiger partial charge in [0, 0.05) is 5.56 Å². The van der Waals surface area contributed by atoms with E-state index in [4.69, 9.17) is 0 Å². The van der Waals surface area contributed by atoms with E-state index in [9.17, 15) is 9.18 Å². The summed E-state index contributed by atoms with van der Waals surface area (Å²) in [5, 5.41) is 0.793. The monoisotopic (exact) mass is 189 g/mol. The molecule has 0 amide bonds. The number of hydrogen-bond donors (Lipinski definition) is 1. The maximum absolute atomic E-state index is 12.8. The standard InChI is InChI=1S/C11H8FNO/c1-2-7-5-8-3-4-9(12)6-10(8)13-11(7)14/h2-6H,1H2,(H,13,14). The van der Waals surface area contributed by atoms with E-state index >= 15 is 0 Å². The average molecular weight is 189 g/mol. The summed E-state index contributed by atoms with van der Waals surface area (Å²) in [5.74, 6) is -0.362. The molecule has 0 fully saturated rings. The van der Waals surface area contributed by atoms with Crippen LogP contribution < -0.4 is 5.56 Å². The molecule has 0 spiro atoms. The Morgan fingerprint density at radius 1 is 1.36 bits per heavy atom. The Kier molecular flexibility index (Phi) is 1.93. The van der Waals surface area contributed by atoms with Gasteiger partial charge in [-0.05, 0) is 29.7 Å². The van der Waals surface area contributed by atoms with Crippen molar-refractivity contribution in [2.24, 2.45) is 0 Å². The molecular weight excluding hydrogens is 181 g/mol. The van der Waals surface area contributed by atoms with Crippen LogP contribution in [0.3, 0.4) is 0 Å². The molecule has 14 heavy (non-hydrogen) atoms. The van der Waals surface area contributed by atoms with Crippen LogP contribution in [0.4, 0.5) is 4.39 Å². The van der Waals surface area contributed by atoms with Gasteiger partial charge in [0.05, 0.1) is 5.52 Å². The molecule has 0 aliphatic rings. The molecule has 2 aromatic rings. The van der Waals surface area contributed by atoms with E-state index in [1.54, 1.807) is 12.1 Å². The van der Waals surface area contributed by atoms with Gasteiger partial charge in [0.25, 0.3) is 5.56 Å². The maximum Gasteiger partial charge on any atom is 0.255 e. The molecule has 0 bridgehead atoms. The Bertz CT molecular complexity index is 557. The lowest BCUT2D eigenvalue weighted by Crippen LogP contribution is -2.08. The molecule has 1 N–H and O–H groups in total. The third-order valence-electron chi connectivity index (χ3n) is 2.06. The quantitative estimate of drug-likeness (QED) is 0.733. The molecule has 2 nitrogen and oxygen atoms in total. The second-order valence-electron chi connectivity index (χ2n) is 2.99. The third kappa shape index (κ3) is 1.33. The van der Waals surface area contributed by atoms with Crippen molar-refractivity contribution in [3.8, 4) is 0 Å². The fraction of sp³-hybridized carbons (Fsp3) is 0. The third-order valence-corrected chi connectivity index (χ3v) is 2.06. The summed E-state index contributed by atoms with van der Waals surface area (Å²) >= 11 is 0. The van der Waals surface area contributed by atoms with Crippen molar-refractivity contribution in [2.45, 2.75) is 0 Å². The van der Waals surface area contributed by atoms with Gasteiger partial charge in [0.15, 0.2) is 0 Å². The predicted molar refractivity (Wildman–Crippen MR) is 54.6 cm³/mol. The zero-order valence-corrected chi connectivity index (χ0v) is 7.38. The van der Waals surface area contributed by atoms with Gasteiger partial charge in [0.1, 0.15) is 5.82 Å². The van der Waals surface area contributed by atoms with Crippen molar-refractivity contribution in [1.82, 2.24) is 4.98 Å². The summed E-state index contributed by atoms with van der Waals surface area (Å²) in [5.41, 5.74) is 0.739. The first kappa shape index (κ1) is 8.69. The van der Waals surface area contributed by atoms with Crippen molar-refractivity contribution in [2.75, 3.05) is 0 Å². The summed E-state index contributed by atoms with van der Waals surface area (Å²) < 4.78 is 12.8. The minimum absolute atomic E-state index is 0.252. The Morgan fingerprint density at radius 2 is 2.14 bits per heavy atom. The maximum atomic E-state index is 12.8. The highest BCUT2D eigenvalue weighted by atomic mass is 19.1. The van der Waals surface area contributed by atoms with Gasteiger partial charge in [-0.1, -0.05) is 12.7 Å². The Morgan fingerprint density at radius 3 is 2.86 bits per heavy atom. The minimum atomic E-state index is -0.362. The van der Waals surface area contributed by atoms with Gasteiger partial charge in [-0.3, -0.25) is 4.79 Å². The number of aromatic nitrogens is 1. The summed E-state index contributed by atoms with van der Waals surface area (Å²) in [7, 11) is 0. The van der Waals surface area contributed by atoms with Crippen molar-refractivity contribution in [3.05, 3.63) is 52.6 Å². The molecule has 1 aromatic heterocycles. The van der Waals surface area contributed by atoms with Gasteiger partial charge in [-0.25, -0.2) is 4.39 Å². The van der Waals surface area contributed by atoms with Crippen LogP contribution in [0.15, 0.2) is 35.6 Å². The van der Waals surface area contributed by atoms with E-state index in [2.05, 4.69) is 11.6 Å². The van der Waals surface area contributed by atoms with Gasteiger partial charge in [-0.15, -0.1) is 0 Å². The van der Waals surface area contributed by atoms with Gasteiger partial charge < -0.3 is 4.98 Å². The second kappa shape index (κ2) is 3.10. The van der Waals surface area contributed by atoms with Crippen LogP contribution in [0.25, 0.3) is 17.0 Å². The first-order valence-electron chi connectivity index (χ1n) is 4.16. The lowest BCUT2D eigenvalue weighted by molar-refractivity contribution is 0.629. The van der Waals surface area contributed by atoms with Crippen LogP contribution in [-0.2, 0) is 0 Å². The van der Waals surface area contributed by atoms with Crippen molar-refractivity contribution in [3.63, 3.8) is 0 Å². The van der Waals surface area contributed by atoms with Gasteiger partial charge in [-0.2, -0.15) is 0 Å². The molecule has 3 heteroatoms. The highest BCUT2D eigenvalue weighted by Crippen LogP contribution is 2.12. The molecular formula is C11H8FNO. The molecule has 70 valence electrons. The van der Waals surface area contributed by atoms with E-state index in [1.165, 1.54) is 18.2 Å². The van der Waals surface area contributed by atoms with Crippen molar-refractivity contribution >= 4 is 17.0 Å². The fourth-order valence-corrected chi connectivity index (χ4v) is 1.34. The number of fused-ring (bicyclic) bond motifs is 1. The highest BCUT2D eigenvalue weighted by Gasteiger charge is 2.00. The Labute approximate surface area is 79.7 Å². The van der Waals surface area contributed by atoms with Crippen LogP contribution in [0, 0.1) is 5.82 Å². The summed E-state index contributed by atoms with van der Waals surface area (Å²) in [6, 6.07) is 5.95. The number of rotatable bonds is 1. The normalized spacial score (nSPS) is 10.4. The fourth-order valence-electron chi connectivity index (χ4n) is 1.34. The minimum Gasteiger partial charge on any atom is -0.321 e. The molecule has 1 heterocycles. The highest BCUT2D eigenvalue weighted by molar-refractivity contribution is 5.80. The number of pyridine rings is 1. The average Bonchev–Trinajstić information content (AvgIpc) is 2.16. The Hall–Kier alpha value is -1.90. The molecule has 0 saturated heterocycles. The zero-order valence-electron chi connectivity index (χ0n) is 7.38. The Balaban J connectivity index is 2.86. The van der Waals surface area contributed by atoms with Gasteiger partial charge >= 0.3 is 0 Å². The first-order chi connectivity index (χ1) is 6.70.